The quantitative estimate of drug-likeness (QED) is 0.291. The van der Waals surface area contributed by atoms with E-state index < -0.39 is 23.7 Å². The number of ether oxygens (including phenoxy) is 2. The Morgan fingerprint density at radius 3 is 2.61 bits per heavy atom. The minimum Gasteiger partial charge on any atom is -0.507 e. The number of hydrogen-bond donors (Lipinski definition) is 2. The number of aromatic nitrogens is 1. The summed E-state index contributed by atoms with van der Waals surface area (Å²) in [4.78, 5) is 44.7. The zero-order valence-corrected chi connectivity index (χ0v) is 18.8. The first-order chi connectivity index (χ1) is 15.8. The van der Waals surface area contributed by atoms with E-state index >= 15 is 0 Å². The third kappa shape index (κ3) is 4.07. The van der Waals surface area contributed by atoms with Crippen LogP contribution in [0.15, 0.2) is 28.4 Å². The van der Waals surface area contributed by atoms with E-state index in [-0.39, 0.29) is 29.1 Å². The molecule has 0 unspecified atom stereocenters. The SMILES string of the molecule is COC(=O)c1[nH]c(C)c(/C(O)=C2\C(=O)C(=O)N(CCN3CCOCC3)[C@H]2c2ccco2)c1C. The van der Waals surface area contributed by atoms with Gasteiger partial charge in [0.1, 0.15) is 23.3 Å². The highest BCUT2D eigenvalue weighted by molar-refractivity contribution is 6.46. The molecule has 1 atom stereocenters. The predicted octanol–water partition coefficient (Wildman–Crippen LogP) is 1.77. The Balaban J connectivity index is 1.75. The van der Waals surface area contributed by atoms with Crippen molar-refractivity contribution in [2.45, 2.75) is 19.9 Å². The van der Waals surface area contributed by atoms with Crippen LogP contribution in [0.1, 0.15) is 39.1 Å². The van der Waals surface area contributed by atoms with Crippen LogP contribution >= 0.6 is 0 Å². The number of likely N-dealkylation sites (tertiary alicyclic amines) is 1. The number of Topliss-reactive ketones (excluding diaryl/α,β-unsaturated/α-hetero) is 1. The second-order valence-corrected chi connectivity index (χ2v) is 8.08. The normalized spacial score (nSPS) is 21.1. The van der Waals surface area contributed by atoms with Gasteiger partial charge < -0.3 is 28.9 Å². The minimum atomic E-state index is -0.878. The van der Waals surface area contributed by atoms with Crippen LogP contribution < -0.4 is 0 Å². The summed E-state index contributed by atoms with van der Waals surface area (Å²) in [7, 11) is 1.26. The van der Waals surface area contributed by atoms with E-state index in [1.807, 2.05) is 0 Å². The van der Waals surface area contributed by atoms with Crippen molar-refractivity contribution in [1.82, 2.24) is 14.8 Å². The van der Waals surface area contributed by atoms with E-state index in [0.29, 0.717) is 36.8 Å². The molecule has 2 aliphatic heterocycles. The average Bonchev–Trinajstić information content (AvgIpc) is 3.51. The molecule has 4 heterocycles. The molecule has 2 aromatic rings. The molecule has 10 nitrogen and oxygen atoms in total. The standard InChI is InChI=1S/C23H27N3O7/c1-13-16(14(2)24-18(13)23(30)31-3)20(27)17-19(15-5-4-10-33-15)26(22(29)21(17)28)7-6-25-8-11-32-12-9-25/h4-5,10,19,24,27H,6-9,11-12H2,1-3H3/b20-17+/t19-/m0/s1. The van der Waals surface area contributed by atoms with Crippen LogP contribution in [0.25, 0.3) is 5.76 Å². The molecule has 0 aliphatic carbocycles. The second-order valence-electron chi connectivity index (χ2n) is 8.08. The largest absolute Gasteiger partial charge is 0.507 e. The molecule has 2 N–H and O–H groups in total. The predicted molar refractivity (Wildman–Crippen MR) is 117 cm³/mol. The first-order valence-corrected chi connectivity index (χ1v) is 10.7. The second kappa shape index (κ2) is 9.24. The maximum absolute atomic E-state index is 13.1. The van der Waals surface area contributed by atoms with E-state index in [2.05, 4.69) is 9.88 Å². The highest BCUT2D eigenvalue weighted by Crippen LogP contribution is 2.40. The summed E-state index contributed by atoms with van der Waals surface area (Å²) in [6.45, 7) is 6.88. The molecule has 2 aliphatic rings. The number of carbonyl (C=O) groups is 3. The van der Waals surface area contributed by atoms with E-state index in [9.17, 15) is 19.5 Å². The number of nitrogens with zero attached hydrogens (tertiary/aromatic N) is 2. The van der Waals surface area contributed by atoms with Gasteiger partial charge in [0.25, 0.3) is 11.7 Å². The van der Waals surface area contributed by atoms with Crippen LogP contribution in [-0.2, 0) is 19.1 Å². The smallest absolute Gasteiger partial charge is 0.354 e. The zero-order chi connectivity index (χ0) is 23.7. The number of nitrogens with one attached hydrogen (secondary N) is 1. The van der Waals surface area contributed by atoms with Gasteiger partial charge in [-0.2, -0.15) is 0 Å². The summed E-state index contributed by atoms with van der Waals surface area (Å²) >= 11 is 0. The first-order valence-electron chi connectivity index (χ1n) is 10.7. The molecule has 10 heteroatoms. The maximum atomic E-state index is 13.1. The van der Waals surface area contributed by atoms with Gasteiger partial charge in [-0.1, -0.05) is 0 Å². The number of aliphatic hydroxyl groups excluding tert-OH is 1. The fraction of sp³-hybridized carbons (Fsp3) is 0.435. The van der Waals surface area contributed by atoms with E-state index in [1.54, 1.807) is 26.0 Å². The first kappa shape index (κ1) is 22.8. The Morgan fingerprint density at radius 1 is 1.24 bits per heavy atom. The summed E-state index contributed by atoms with van der Waals surface area (Å²) in [5.74, 6) is -2.08. The number of rotatable bonds is 6. The lowest BCUT2D eigenvalue weighted by molar-refractivity contribution is -0.140. The van der Waals surface area contributed by atoms with E-state index in [1.165, 1.54) is 18.3 Å². The molecule has 2 aromatic heterocycles. The Hall–Kier alpha value is -3.37. The molecule has 0 bridgehead atoms. The molecule has 0 spiro atoms. The minimum absolute atomic E-state index is 0.0708. The fourth-order valence-electron chi connectivity index (χ4n) is 4.47. The van der Waals surface area contributed by atoms with Gasteiger partial charge in [0.15, 0.2) is 0 Å². The van der Waals surface area contributed by atoms with Crippen LogP contribution in [0, 0.1) is 13.8 Å². The molecular formula is C23H27N3O7. The third-order valence-electron chi connectivity index (χ3n) is 6.18. The van der Waals surface area contributed by atoms with Crippen LogP contribution in [0.4, 0.5) is 0 Å². The maximum Gasteiger partial charge on any atom is 0.354 e. The lowest BCUT2D eigenvalue weighted by atomic mass is 9.97. The number of methoxy groups -OCH3 is 1. The number of aryl methyl sites for hydroxylation is 1. The Bertz CT molecular complexity index is 1090. The average molecular weight is 457 g/mol. The molecule has 176 valence electrons. The number of morpholine rings is 1. The molecule has 33 heavy (non-hydrogen) atoms. The Labute approximate surface area is 190 Å². The van der Waals surface area contributed by atoms with Crippen molar-refractivity contribution in [3.63, 3.8) is 0 Å². The van der Waals surface area contributed by atoms with Crippen molar-refractivity contribution in [2.75, 3.05) is 46.5 Å². The van der Waals surface area contributed by atoms with Crippen molar-refractivity contribution >= 4 is 23.4 Å². The van der Waals surface area contributed by atoms with Gasteiger partial charge in [0, 0.05) is 37.4 Å². The van der Waals surface area contributed by atoms with Gasteiger partial charge in [-0.25, -0.2) is 4.79 Å². The van der Waals surface area contributed by atoms with Crippen LogP contribution in [0.5, 0.6) is 0 Å². The third-order valence-corrected chi connectivity index (χ3v) is 6.18. The zero-order valence-electron chi connectivity index (χ0n) is 18.8. The number of amides is 1. The molecule has 1 amide bonds. The van der Waals surface area contributed by atoms with Gasteiger partial charge in [0.2, 0.25) is 0 Å². The van der Waals surface area contributed by atoms with Crippen molar-refractivity contribution in [1.29, 1.82) is 0 Å². The number of furan rings is 1. The van der Waals surface area contributed by atoms with Gasteiger partial charge in [-0.05, 0) is 31.5 Å². The molecule has 0 saturated carbocycles. The number of esters is 1. The summed E-state index contributed by atoms with van der Waals surface area (Å²) in [5.41, 5.74) is 1.29. The monoisotopic (exact) mass is 457 g/mol. The summed E-state index contributed by atoms with van der Waals surface area (Å²) in [6, 6.07) is 2.46. The number of ketones is 1. The number of aromatic amines is 1. The van der Waals surface area contributed by atoms with E-state index in [4.69, 9.17) is 13.9 Å². The summed E-state index contributed by atoms with van der Waals surface area (Å²) in [6.07, 6.45) is 1.46. The fourth-order valence-corrected chi connectivity index (χ4v) is 4.47. The number of H-pyrrole nitrogens is 1. The number of carbonyl (C=O) groups excluding carboxylic acids is 3. The molecule has 0 radical (unpaired) electrons. The molecule has 2 fully saturated rings. The molecule has 2 saturated heterocycles. The van der Waals surface area contributed by atoms with Gasteiger partial charge in [-0.3, -0.25) is 14.5 Å². The van der Waals surface area contributed by atoms with E-state index in [0.717, 1.165) is 13.1 Å². The Morgan fingerprint density at radius 2 is 1.97 bits per heavy atom. The molecule has 0 aromatic carbocycles. The molecular weight excluding hydrogens is 430 g/mol. The lowest BCUT2D eigenvalue weighted by Gasteiger charge is -2.30. The number of aliphatic hydroxyl groups is 1. The van der Waals surface area contributed by atoms with Gasteiger partial charge >= 0.3 is 5.97 Å². The summed E-state index contributed by atoms with van der Waals surface area (Å²) in [5, 5.41) is 11.3. The van der Waals surface area contributed by atoms with Crippen molar-refractivity contribution in [2.24, 2.45) is 0 Å². The van der Waals surface area contributed by atoms with Crippen molar-refractivity contribution in [3.8, 4) is 0 Å². The highest BCUT2D eigenvalue weighted by Gasteiger charge is 2.47. The van der Waals surface area contributed by atoms with Crippen molar-refractivity contribution < 1.29 is 33.4 Å². The Kier molecular flexibility index (Phi) is 6.39. The van der Waals surface area contributed by atoms with Crippen LogP contribution in [0.3, 0.4) is 0 Å². The van der Waals surface area contributed by atoms with Crippen LogP contribution in [-0.4, -0.2) is 84.1 Å². The van der Waals surface area contributed by atoms with Gasteiger partial charge in [0.05, 0.1) is 32.2 Å². The summed E-state index contributed by atoms with van der Waals surface area (Å²) < 4.78 is 15.7. The van der Waals surface area contributed by atoms with Crippen molar-refractivity contribution in [3.05, 3.63) is 52.2 Å². The molecule has 4 rings (SSSR count). The highest BCUT2D eigenvalue weighted by atomic mass is 16.5. The van der Waals surface area contributed by atoms with Crippen LogP contribution in [0.2, 0.25) is 0 Å². The van der Waals surface area contributed by atoms with Gasteiger partial charge in [-0.15, -0.1) is 0 Å². The number of hydrogen-bond acceptors (Lipinski definition) is 8. The topological polar surface area (TPSA) is 125 Å². The lowest BCUT2D eigenvalue weighted by Crippen LogP contribution is -2.42.